The van der Waals surface area contributed by atoms with Gasteiger partial charge in [0.05, 0.1) is 0 Å². The number of hydrogen-bond acceptors (Lipinski definition) is 2. The summed E-state index contributed by atoms with van der Waals surface area (Å²) >= 11 is 0. The van der Waals surface area contributed by atoms with Crippen LogP contribution >= 0.6 is 0 Å². The maximum Gasteiger partial charge on any atom is 0 e. The van der Waals surface area contributed by atoms with Crippen LogP contribution in [0.5, 0.6) is 0 Å². The molecule has 0 bridgehead atoms. The lowest BCUT2D eigenvalue weighted by atomic mass is 10.4. The van der Waals surface area contributed by atoms with Gasteiger partial charge in [0.1, 0.15) is 0 Å². The van der Waals surface area contributed by atoms with Crippen molar-refractivity contribution in [2.45, 2.75) is 25.7 Å². The molecule has 0 aliphatic carbocycles. The van der Waals surface area contributed by atoms with Gasteiger partial charge in [-0.15, -0.1) is 0 Å². The third-order valence-electron chi connectivity index (χ3n) is 1.91. The molecule has 2 aliphatic rings. The molecule has 3 heteroatoms. The Hall–Kier alpha value is -0.0151. The van der Waals surface area contributed by atoms with Gasteiger partial charge < -0.3 is 10.6 Å². The molecule has 63 valence electrons. The second-order valence-corrected chi connectivity index (χ2v) is 2.91. The Labute approximate surface area is 71.7 Å². The molecule has 2 rings (SSSR count). The summed E-state index contributed by atoms with van der Waals surface area (Å²) in [6, 6.07) is 0. The summed E-state index contributed by atoms with van der Waals surface area (Å²) in [6.45, 7) is 5.00. The van der Waals surface area contributed by atoms with E-state index in [-0.39, 0.29) is 8.41 Å². The molecule has 0 aromatic carbocycles. The molecule has 0 spiro atoms. The van der Waals surface area contributed by atoms with Crippen molar-refractivity contribution >= 4 is 8.41 Å². The van der Waals surface area contributed by atoms with E-state index in [1.165, 1.54) is 51.9 Å². The first-order valence-electron chi connectivity index (χ1n) is 4.41. The zero-order valence-electron chi connectivity index (χ0n) is 7.23. The van der Waals surface area contributed by atoms with Crippen LogP contribution in [0.4, 0.5) is 0 Å². The smallest absolute Gasteiger partial charge is 0 e. The van der Waals surface area contributed by atoms with Gasteiger partial charge in [-0.3, -0.25) is 0 Å². The quantitative estimate of drug-likeness (QED) is 0.491. The van der Waals surface area contributed by atoms with Crippen LogP contribution < -0.4 is 10.6 Å². The Bertz CT molecular complexity index is 45.3. The molecule has 2 heterocycles. The lowest BCUT2D eigenvalue weighted by molar-refractivity contribution is 0.857. The minimum atomic E-state index is 0. The van der Waals surface area contributed by atoms with Crippen molar-refractivity contribution in [3.05, 3.63) is 0 Å². The van der Waals surface area contributed by atoms with Gasteiger partial charge in [-0.25, -0.2) is 0 Å². The van der Waals surface area contributed by atoms with Crippen LogP contribution in [0.25, 0.3) is 0 Å². The molecule has 2 aliphatic heterocycles. The maximum absolute atomic E-state index is 3.22. The predicted molar refractivity (Wildman–Crippen MR) is 50.0 cm³/mol. The normalized spacial score (nSPS) is 21.8. The van der Waals surface area contributed by atoms with Crippen LogP contribution in [0, 0.1) is 0 Å². The Kier molecular flexibility index (Phi) is 8.07. The van der Waals surface area contributed by atoms with E-state index in [1.807, 2.05) is 0 Å². The van der Waals surface area contributed by atoms with E-state index in [0.29, 0.717) is 0 Å². The zero-order chi connectivity index (χ0) is 7.07. The Morgan fingerprint density at radius 3 is 0.909 bits per heavy atom. The minimum Gasteiger partial charge on any atom is -0.317 e. The molecule has 0 amide bonds. The first kappa shape index (κ1) is 11.0. The first-order chi connectivity index (χ1) is 5.00. The van der Waals surface area contributed by atoms with Crippen molar-refractivity contribution in [3.8, 4) is 0 Å². The summed E-state index contributed by atoms with van der Waals surface area (Å²) in [4.78, 5) is 0. The largest absolute Gasteiger partial charge is 0.317 e. The van der Waals surface area contributed by atoms with Crippen molar-refractivity contribution < 1.29 is 0 Å². The maximum atomic E-state index is 3.22. The minimum absolute atomic E-state index is 0. The molecule has 2 saturated heterocycles. The van der Waals surface area contributed by atoms with Crippen molar-refractivity contribution in [1.29, 1.82) is 0 Å². The summed E-state index contributed by atoms with van der Waals surface area (Å²) in [5.41, 5.74) is 0. The zero-order valence-corrected chi connectivity index (χ0v) is 7.23. The van der Waals surface area contributed by atoms with E-state index >= 15 is 0 Å². The molecular weight excluding hydrogens is 135 g/mol. The van der Waals surface area contributed by atoms with Gasteiger partial charge in [0.2, 0.25) is 0 Å². The number of hydrogen-bond donors (Lipinski definition) is 2. The molecule has 0 saturated carbocycles. The van der Waals surface area contributed by atoms with E-state index in [2.05, 4.69) is 10.6 Å². The molecule has 2 N–H and O–H groups in total. The summed E-state index contributed by atoms with van der Waals surface area (Å²) in [6.07, 6.45) is 5.56. The number of nitrogens with one attached hydrogen (secondary N) is 2. The second kappa shape index (κ2) is 8.09. The molecular formula is C8H18BN2. The Morgan fingerprint density at radius 2 is 0.818 bits per heavy atom. The molecule has 0 unspecified atom stereocenters. The Balaban J connectivity index is 0.000000167. The predicted octanol–water partition coefficient (Wildman–Crippen LogP) is 0.359. The first-order valence-corrected chi connectivity index (χ1v) is 4.41. The third kappa shape index (κ3) is 6.39. The lowest BCUT2D eigenvalue weighted by Crippen LogP contribution is -2.03. The van der Waals surface area contributed by atoms with E-state index in [0.717, 1.165) is 0 Å². The van der Waals surface area contributed by atoms with Crippen LogP contribution in [-0.2, 0) is 0 Å². The van der Waals surface area contributed by atoms with Crippen LogP contribution in [0.2, 0.25) is 0 Å². The van der Waals surface area contributed by atoms with Gasteiger partial charge in [0.25, 0.3) is 0 Å². The monoisotopic (exact) mass is 153 g/mol. The highest BCUT2D eigenvalue weighted by Crippen LogP contribution is 1.90. The van der Waals surface area contributed by atoms with E-state index in [9.17, 15) is 0 Å². The summed E-state index contributed by atoms with van der Waals surface area (Å²) in [7, 11) is 0. The van der Waals surface area contributed by atoms with E-state index in [4.69, 9.17) is 0 Å². The van der Waals surface area contributed by atoms with Crippen LogP contribution in [0.15, 0.2) is 0 Å². The Morgan fingerprint density at radius 1 is 0.545 bits per heavy atom. The summed E-state index contributed by atoms with van der Waals surface area (Å²) < 4.78 is 0. The molecule has 2 fully saturated rings. The van der Waals surface area contributed by atoms with Crippen molar-refractivity contribution in [1.82, 2.24) is 10.6 Å². The van der Waals surface area contributed by atoms with Gasteiger partial charge in [-0.1, -0.05) is 0 Å². The van der Waals surface area contributed by atoms with Crippen LogP contribution in [0.1, 0.15) is 25.7 Å². The highest BCUT2D eigenvalue weighted by Gasteiger charge is 1.93. The van der Waals surface area contributed by atoms with Gasteiger partial charge in [-0.05, 0) is 51.9 Å². The van der Waals surface area contributed by atoms with E-state index in [1.54, 1.807) is 0 Å². The fourth-order valence-corrected chi connectivity index (χ4v) is 1.25. The van der Waals surface area contributed by atoms with Gasteiger partial charge >= 0.3 is 0 Å². The summed E-state index contributed by atoms with van der Waals surface area (Å²) in [5, 5.41) is 6.44. The molecule has 3 radical (unpaired) electrons. The van der Waals surface area contributed by atoms with Gasteiger partial charge in [0, 0.05) is 8.41 Å². The third-order valence-corrected chi connectivity index (χ3v) is 1.91. The molecule has 0 aromatic rings. The lowest BCUT2D eigenvalue weighted by Gasteiger charge is -1.76. The molecule has 2 nitrogen and oxygen atoms in total. The van der Waals surface area contributed by atoms with Gasteiger partial charge in [0.15, 0.2) is 0 Å². The fourth-order valence-electron chi connectivity index (χ4n) is 1.25. The topological polar surface area (TPSA) is 24.1 Å². The van der Waals surface area contributed by atoms with Crippen molar-refractivity contribution in [2.75, 3.05) is 26.2 Å². The SMILES string of the molecule is C1CCNC1.C1CCNC1.[B]. The standard InChI is InChI=1S/2C4H9N.B/c2*1-2-4-5-3-1;/h2*5H,1-4H2;. The number of rotatable bonds is 0. The molecule has 0 aromatic heterocycles. The summed E-state index contributed by atoms with van der Waals surface area (Å²) in [5.74, 6) is 0. The van der Waals surface area contributed by atoms with Crippen LogP contribution in [0.3, 0.4) is 0 Å². The second-order valence-electron chi connectivity index (χ2n) is 2.91. The molecule has 0 atom stereocenters. The van der Waals surface area contributed by atoms with Crippen molar-refractivity contribution in [2.24, 2.45) is 0 Å². The highest BCUT2D eigenvalue weighted by atomic mass is 14.9. The fraction of sp³-hybridized carbons (Fsp3) is 1.00. The molecule has 11 heavy (non-hydrogen) atoms. The van der Waals surface area contributed by atoms with Crippen LogP contribution in [-0.4, -0.2) is 34.6 Å². The average molecular weight is 153 g/mol. The van der Waals surface area contributed by atoms with Gasteiger partial charge in [-0.2, -0.15) is 0 Å². The highest BCUT2D eigenvalue weighted by molar-refractivity contribution is 5.75. The van der Waals surface area contributed by atoms with Crippen molar-refractivity contribution in [3.63, 3.8) is 0 Å². The average Bonchev–Trinajstić information content (AvgIpc) is 2.67. The van der Waals surface area contributed by atoms with E-state index < -0.39 is 0 Å².